The molecule has 0 saturated carbocycles. The number of carbonyl (C=O) groups excluding carboxylic acids is 1. The van der Waals surface area contributed by atoms with Gasteiger partial charge >= 0.3 is 0 Å². The van der Waals surface area contributed by atoms with Crippen LogP contribution in [0.2, 0.25) is 5.02 Å². The SMILES string of the molecule is CC(Sc1nnc(-c2cccs2)o1)C(=O)Nc1ccc(Cl)cc1. The van der Waals surface area contributed by atoms with E-state index in [2.05, 4.69) is 15.5 Å². The fourth-order valence-corrected chi connectivity index (χ4v) is 3.19. The lowest BCUT2D eigenvalue weighted by Crippen LogP contribution is -2.22. The minimum Gasteiger partial charge on any atom is -0.410 e. The van der Waals surface area contributed by atoms with E-state index in [4.69, 9.17) is 16.0 Å². The predicted molar refractivity (Wildman–Crippen MR) is 93.0 cm³/mol. The lowest BCUT2D eigenvalue weighted by Gasteiger charge is -2.09. The summed E-state index contributed by atoms with van der Waals surface area (Å²) in [6, 6.07) is 10.8. The molecule has 0 saturated heterocycles. The van der Waals surface area contributed by atoms with E-state index in [9.17, 15) is 4.79 Å². The third-order valence-corrected chi connectivity index (χ3v) is 4.94. The Labute approximate surface area is 146 Å². The first-order chi connectivity index (χ1) is 11.1. The van der Waals surface area contributed by atoms with Crippen LogP contribution in [0, 0.1) is 0 Å². The van der Waals surface area contributed by atoms with Gasteiger partial charge < -0.3 is 9.73 Å². The smallest absolute Gasteiger partial charge is 0.277 e. The molecule has 3 aromatic rings. The Morgan fingerprint density at radius 1 is 1.30 bits per heavy atom. The number of aromatic nitrogens is 2. The second-order valence-electron chi connectivity index (χ2n) is 4.61. The second-order valence-corrected chi connectivity index (χ2v) is 7.28. The van der Waals surface area contributed by atoms with Gasteiger partial charge in [-0.1, -0.05) is 29.4 Å². The highest BCUT2D eigenvalue weighted by molar-refractivity contribution is 8.00. The minimum absolute atomic E-state index is 0.145. The molecule has 0 aliphatic heterocycles. The highest BCUT2D eigenvalue weighted by atomic mass is 35.5. The largest absolute Gasteiger partial charge is 0.410 e. The average molecular weight is 366 g/mol. The second kappa shape index (κ2) is 7.16. The first-order valence-corrected chi connectivity index (χ1v) is 8.86. The predicted octanol–water partition coefficient (Wildman–Crippen LogP) is 4.57. The molecule has 1 atom stereocenters. The van der Waals surface area contributed by atoms with E-state index < -0.39 is 0 Å². The van der Waals surface area contributed by atoms with E-state index >= 15 is 0 Å². The van der Waals surface area contributed by atoms with E-state index in [1.807, 2.05) is 17.5 Å². The van der Waals surface area contributed by atoms with E-state index in [-0.39, 0.29) is 11.2 Å². The standard InChI is InChI=1S/C15H12ClN3O2S2/c1-9(13(20)17-11-6-4-10(16)5-7-11)23-15-19-18-14(21-15)12-3-2-8-22-12/h2-9H,1H3,(H,17,20). The molecule has 3 rings (SSSR count). The number of thiophene rings is 1. The van der Waals surface area contributed by atoms with Crippen LogP contribution in [0.4, 0.5) is 5.69 Å². The summed E-state index contributed by atoms with van der Waals surface area (Å²) in [6.07, 6.45) is 0. The first-order valence-electron chi connectivity index (χ1n) is 6.72. The zero-order chi connectivity index (χ0) is 16.2. The Kier molecular flexibility index (Phi) is 5.00. The highest BCUT2D eigenvalue weighted by Gasteiger charge is 2.19. The van der Waals surface area contributed by atoms with Crippen LogP contribution >= 0.6 is 34.7 Å². The normalized spacial score (nSPS) is 12.1. The van der Waals surface area contributed by atoms with Crippen molar-refractivity contribution in [3.8, 4) is 10.8 Å². The van der Waals surface area contributed by atoms with Crippen LogP contribution in [0.1, 0.15) is 6.92 Å². The van der Waals surface area contributed by atoms with Crippen molar-refractivity contribution < 1.29 is 9.21 Å². The zero-order valence-electron chi connectivity index (χ0n) is 12.0. The Hall–Kier alpha value is -1.83. The summed E-state index contributed by atoms with van der Waals surface area (Å²) < 4.78 is 5.57. The first kappa shape index (κ1) is 16.0. The molecular formula is C15H12ClN3O2S2. The van der Waals surface area contributed by atoms with Gasteiger partial charge in [0.2, 0.25) is 5.91 Å². The van der Waals surface area contributed by atoms with Crippen LogP contribution in [0.25, 0.3) is 10.8 Å². The highest BCUT2D eigenvalue weighted by Crippen LogP contribution is 2.28. The van der Waals surface area contributed by atoms with E-state index in [1.54, 1.807) is 31.2 Å². The molecule has 0 bridgehead atoms. The Morgan fingerprint density at radius 3 is 2.78 bits per heavy atom. The Morgan fingerprint density at radius 2 is 2.09 bits per heavy atom. The molecule has 8 heteroatoms. The molecule has 1 N–H and O–H groups in total. The van der Waals surface area contributed by atoms with Crippen molar-refractivity contribution in [2.75, 3.05) is 5.32 Å². The molecule has 23 heavy (non-hydrogen) atoms. The number of rotatable bonds is 5. The average Bonchev–Trinajstić information content (AvgIpc) is 3.20. The van der Waals surface area contributed by atoms with Gasteiger partial charge in [0.1, 0.15) is 0 Å². The summed E-state index contributed by atoms with van der Waals surface area (Å²) >= 11 is 8.56. The molecule has 0 radical (unpaired) electrons. The van der Waals surface area contributed by atoms with Crippen LogP contribution in [-0.2, 0) is 4.79 Å². The van der Waals surface area contributed by atoms with Crippen molar-refractivity contribution in [3.63, 3.8) is 0 Å². The van der Waals surface area contributed by atoms with Gasteiger partial charge in [0.15, 0.2) is 0 Å². The third kappa shape index (κ3) is 4.13. The van der Waals surface area contributed by atoms with Crippen molar-refractivity contribution >= 4 is 46.3 Å². The summed E-state index contributed by atoms with van der Waals surface area (Å²) in [6.45, 7) is 1.78. The number of nitrogens with zero attached hydrogens (tertiary/aromatic N) is 2. The molecule has 0 spiro atoms. The minimum atomic E-state index is -0.373. The quantitative estimate of drug-likeness (QED) is 0.671. The van der Waals surface area contributed by atoms with Crippen molar-refractivity contribution in [1.29, 1.82) is 0 Å². The van der Waals surface area contributed by atoms with Crippen LogP contribution in [-0.4, -0.2) is 21.4 Å². The molecule has 1 aromatic carbocycles. The fraction of sp³-hybridized carbons (Fsp3) is 0.133. The number of anilines is 1. The van der Waals surface area contributed by atoms with E-state index in [1.165, 1.54) is 23.1 Å². The fourth-order valence-electron chi connectivity index (χ4n) is 1.74. The van der Waals surface area contributed by atoms with E-state index in [0.717, 1.165) is 4.88 Å². The monoisotopic (exact) mass is 365 g/mol. The van der Waals surface area contributed by atoms with Crippen molar-refractivity contribution in [1.82, 2.24) is 10.2 Å². The zero-order valence-corrected chi connectivity index (χ0v) is 14.4. The maximum absolute atomic E-state index is 12.2. The summed E-state index contributed by atoms with van der Waals surface area (Å²) in [5.41, 5.74) is 0.691. The number of benzene rings is 1. The van der Waals surface area contributed by atoms with Crippen molar-refractivity contribution in [2.24, 2.45) is 0 Å². The summed E-state index contributed by atoms with van der Waals surface area (Å²) in [5, 5.41) is 13.3. The van der Waals surface area contributed by atoms with Crippen molar-refractivity contribution in [3.05, 3.63) is 46.8 Å². The number of hydrogen-bond acceptors (Lipinski definition) is 6. The number of hydrogen-bond donors (Lipinski definition) is 1. The lowest BCUT2D eigenvalue weighted by molar-refractivity contribution is -0.115. The van der Waals surface area contributed by atoms with Crippen LogP contribution in [0.3, 0.4) is 0 Å². The number of nitrogens with one attached hydrogen (secondary N) is 1. The van der Waals surface area contributed by atoms with Gasteiger partial charge in [-0.3, -0.25) is 4.79 Å². The molecule has 0 fully saturated rings. The van der Waals surface area contributed by atoms with Gasteiger partial charge in [-0.25, -0.2) is 0 Å². The molecule has 1 amide bonds. The van der Waals surface area contributed by atoms with Crippen LogP contribution in [0.5, 0.6) is 0 Å². The van der Waals surface area contributed by atoms with Gasteiger partial charge in [-0.05, 0) is 42.6 Å². The number of carbonyl (C=O) groups is 1. The molecule has 5 nitrogen and oxygen atoms in total. The summed E-state index contributed by atoms with van der Waals surface area (Å²) in [7, 11) is 0. The number of halogens is 1. The van der Waals surface area contributed by atoms with Gasteiger partial charge in [0.05, 0.1) is 10.1 Å². The van der Waals surface area contributed by atoms with Gasteiger partial charge in [0, 0.05) is 10.7 Å². The van der Waals surface area contributed by atoms with Gasteiger partial charge in [0.25, 0.3) is 11.1 Å². The number of thioether (sulfide) groups is 1. The maximum atomic E-state index is 12.2. The summed E-state index contributed by atoms with van der Waals surface area (Å²) in [5.74, 6) is 0.320. The van der Waals surface area contributed by atoms with Gasteiger partial charge in [-0.2, -0.15) is 0 Å². The lowest BCUT2D eigenvalue weighted by atomic mass is 10.3. The molecule has 0 aliphatic carbocycles. The van der Waals surface area contributed by atoms with Gasteiger partial charge in [-0.15, -0.1) is 21.5 Å². The van der Waals surface area contributed by atoms with Crippen LogP contribution in [0.15, 0.2) is 51.4 Å². The molecule has 0 aliphatic rings. The third-order valence-electron chi connectivity index (χ3n) is 2.90. The summed E-state index contributed by atoms with van der Waals surface area (Å²) in [4.78, 5) is 13.1. The van der Waals surface area contributed by atoms with Crippen LogP contribution < -0.4 is 5.32 Å². The molecule has 118 valence electrons. The Bertz CT molecular complexity index is 787. The van der Waals surface area contributed by atoms with E-state index in [0.29, 0.717) is 21.8 Å². The molecule has 2 aromatic heterocycles. The molecule has 2 heterocycles. The Balaban J connectivity index is 1.61. The van der Waals surface area contributed by atoms with Crippen molar-refractivity contribution in [2.45, 2.75) is 17.4 Å². The topological polar surface area (TPSA) is 68.0 Å². The number of amides is 1. The maximum Gasteiger partial charge on any atom is 0.277 e. The molecular weight excluding hydrogens is 354 g/mol. The molecule has 1 unspecified atom stereocenters.